The zero-order valence-corrected chi connectivity index (χ0v) is 13.7. The van der Waals surface area contributed by atoms with Crippen molar-refractivity contribution in [3.05, 3.63) is 18.5 Å². The molecule has 2 N–H and O–H groups in total. The molecule has 0 saturated carbocycles. The van der Waals surface area contributed by atoms with Crippen LogP contribution in [-0.2, 0) is 10.0 Å². The molecule has 1 rings (SSSR count). The van der Waals surface area contributed by atoms with E-state index >= 15 is 0 Å². The van der Waals surface area contributed by atoms with Gasteiger partial charge in [-0.05, 0) is 24.3 Å². The molecule has 0 unspecified atom stereocenters. The molecule has 0 aliphatic carbocycles. The Labute approximate surface area is 122 Å². The monoisotopic (exact) mass is 299 g/mol. The maximum Gasteiger partial charge on any atom is 0.244 e. The van der Waals surface area contributed by atoms with Crippen LogP contribution in [0, 0.1) is 11.3 Å². The van der Waals surface area contributed by atoms with Crippen molar-refractivity contribution in [3.63, 3.8) is 0 Å². The van der Waals surface area contributed by atoms with Gasteiger partial charge in [0.2, 0.25) is 10.0 Å². The van der Waals surface area contributed by atoms with Crippen LogP contribution in [0.3, 0.4) is 0 Å². The number of nitrogens with one attached hydrogen (secondary N) is 2. The predicted molar refractivity (Wildman–Crippen MR) is 82.2 cm³/mol. The van der Waals surface area contributed by atoms with Gasteiger partial charge in [0.05, 0.1) is 5.69 Å². The average Bonchev–Trinajstić information content (AvgIpc) is 2.37. The highest BCUT2D eigenvalue weighted by molar-refractivity contribution is 7.89. The minimum absolute atomic E-state index is 0.104. The zero-order valence-electron chi connectivity index (χ0n) is 12.9. The smallest absolute Gasteiger partial charge is 0.244 e. The van der Waals surface area contributed by atoms with Crippen LogP contribution >= 0.6 is 0 Å². The summed E-state index contributed by atoms with van der Waals surface area (Å²) in [5, 5.41) is 3.04. The van der Waals surface area contributed by atoms with Crippen LogP contribution in [0.1, 0.15) is 34.6 Å². The fourth-order valence-electron chi connectivity index (χ4n) is 1.49. The summed E-state index contributed by atoms with van der Waals surface area (Å²) in [7, 11) is -3.55. The summed E-state index contributed by atoms with van der Waals surface area (Å²) in [5.74, 6) is 0.382. The van der Waals surface area contributed by atoms with Crippen LogP contribution in [-0.4, -0.2) is 26.5 Å². The fraction of sp³-hybridized carbons (Fsp3) is 0.643. The molecule has 5 nitrogen and oxygen atoms in total. The van der Waals surface area contributed by atoms with E-state index in [4.69, 9.17) is 0 Å². The fourth-order valence-corrected chi connectivity index (χ4v) is 2.84. The molecule has 1 heterocycles. The molecule has 20 heavy (non-hydrogen) atoms. The maximum absolute atomic E-state index is 12.4. The molecular weight excluding hydrogens is 274 g/mol. The molecular formula is C14H25N3O2S. The van der Waals surface area contributed by atoms with Gasteiger partial charge in [-0.3, -0.25) is 4.98 Å². The van der Waals surface area contributed by atoms with Crippen LogP contribution in [0.5, 0.6) is 0 Å². The minimum Gasteiger partial charge on any atom is -0.384 e. The lowest BCUT2D eigenvalue weighted by Gasteiger charge is -2.29. The standard InChI is InChI=1S/C14H25N3O2S/c1-6-16-12-7-8-15-9-13(12)20(18,19)17-10-14(4,5)11(2)3/h7-9,11,17H,6,10H2,1-5H3,(H,15,16). The van der Waals surface area contributed by atoms with E-state index in [-0.39, 0.29) is 10.3 Å². The second-order valence-electron chi connectivity index (χ2n) is 5.87. The van der Waals surface area contributed by atoms with E-state index in [1.54, 1.807) is 12.3 Å². The number of pyridine rings is 1. The first-order chi connectivity index (χ1) is 9.20. The first kappa shape index (κ1) is 16.9. The van der Waals surface area contributed by atoms with Gasteiger partial charge in [0, 0.05) is 25.5 Å². The summed E-state index contributed by atoms with van der Waals surface area (Å²) in [6.07, 6.45) is 2.96. The van der Waals surface area contributed by atoms with E-state index in [0.717, 1.165) is 0 Å². The Bertz CT molecular complexity index is 539. The normalized spacial score (nSPS) is 12.7. The highest BCUT2D eigenvalue weighted by Crippen LogP contribution is 2.26. The maximum atomic E-state index is 12.4. The van der Waals surface area contributed by atoms with Gasteiger partial charge in [-0.2, -0.15) is 0 Å². The summed E-state index contributed by atoms with van der Waals surface area (Å²) in [4.78, 5) is 4.11. The number of sulfonamides is 1. The van der Waals surface area contributed by atoms with Crippen molar-refractivity contribution in [2.24, 2.45) is 11.3 Å². The van der Waals surface area contributed by atoms with E-state index in [9.17, 15) is 8.42 Å². The number of nitrogens with zero attached hydrogens (tertiary/aromatic N) is 1. The zero-order chi connectivity index (χ0) is 15.4. The third-order valence-corrected chi connectivity index (χ3v) is 5.15. The van der Waals surface area contributed by atoms with Gasteiger partial charge >= 0.3 is 0 Å². The molecule has 1 aromatic heterocycles. The summed E-state index contributed by atoms with van der Waals surface area (Å²) in [5.41, 5.74) is 0.477. The van der Waals surface area contributed by atoms with Crippen LogP contribution in [0.2, 0.25) is 0 Å². The second kappa shape index (κ2) is 6.54. The Morgan fingerprint density at radius 2 is 2.00 bits per heavy atom. The van der Waals surface area contributed by atoms with Crippen molar-refractivity contribution in [2.75, 3.05) is 18.4 Å². The Morgan fingerprint density at radius 3 is 2.55 bits per heavy atom. The number of hydrogen-bond acceptors (Lipinski definition) is 4. The van der Waals surface area contributed by atoms with Crippen molar-refractivity contribution in [1.29, 1.82) is 0 Å². The molecule has 0 atom stereocenters. The lowest BCUT2D eigenvalue weighted by Crippen LogP contribution is -2.37. The predicted octanol–water partition coefficient (Wildman–Crippen LogP) is 2.47. The van der Waals surface area contributed by atoms with Crippen molar-refractivity contribution in [2.45, 2.75) is 39.5 Å². The third kappa shape index (κ3) is 4.18. The summed E-state index contributed by atoms with van der Waals surface area (Å²) < 4.78 is 27.5. The number of anilines is 1. The third-order valence-electron chi connectivity index (χ3n) is 3.72. The van der Waals surface area contributed by atoms with E-state index in [0.29, 0.717) is 24.7 Å². The Morgan fingerprint density at radius 1 is 1.35 bits per heavy atom. The highest BCUT2D eigenvalue weighted by atomic mass is 32.2. The molecule has 0 fully saturated rings. The van der Waals surface area contributed by atoms with Crippen LogP contribution < -0.4 is 10.0 Å². The number of rotatable bonds is 7. The van der Waals surface area contributed by atoms with Gasteiger partial charge in [0.15, 0.2) is 0 Å². The molecule has 0 aromatic carbocycles. The van der Waals surface area contributed by atoms with Crippen molar-refractivity contribution in [3.8, 4) is 0 Å². The van der Waals surface area contributed by atoms with E-state index in [2.05, 4.69) is 42.7 Å². The highest BCUT2D eigenvalue weighted by Gasteiger charge is 2.26. The van der Waals surface area contributed by atoms with E-state index < -0.39 is 10.0 Å². The van der Waals surface area contributed by atoms with E-state index in [1.807, 2.05) is 6.92 Å². The van der Waals surface area contributed by atoms with E-state index in [1.165, 1.54) is 6.20 Å². The molecule has 0 amide bonds. The Kier molecular flexibility index (Phi) is 5.53. The van der Waals surface area contributed by atoms with Crippen LogP contribution in [0.4, 0.5) is 5.69 Å². The lowest BCUT2D eigenvalue weighted by molar-refractivity contribution is 0.252. The van der Waals surface area contributed by atoms with Crippen LogP contribution in [0.15, 0.2) is 23.4 Å². The van der Waals surface area contributed by atoms with Crippen molar-refractivity contribution >= 4 is 15.7 Å². The van der Waals surface area contributed by atoms with Gasteiger partial charge in [0.1, 0.15) is 4.90 Å². The number of aromatic nitrogens is 1. The molecule has 0 radical (unpaired) electrons. The average molecular weight is 299 g/mol. The Balaban J connectivity index is 2.95. The number of hydrogen-bond donors (Lipinski definition) is 2. The van der Waals surface area contributed by atoms with Crippen LogP contribution in [0.25, 0.3) is 0 Å². The molecule has 1 aromatic rings. The van der Waals surface area contributed by atoms with Gasteiger partial charge in [-0.15, -0.1) is 0 Å². The van der Waals surface area contributed by atoms with Crippen molar-refractivity contribution < 1.29 is 8.42 Å². The largest absolute Gasteiger partial charge is 0.384 e. The Hall–Kier alpha value is -1.14. The summed E-state index contributed by atoms with van der Waals surface area (Å²) in [6.45, 7) is 11.2. The minimum atomic E-state index is -3.55. The van der Waals surface area contributed by atoms with Gasteiger partial charge < -0.3 is 5.32 Å². The first-order valence-corrected chi connectivity index (χ1v) is 8.36. The first-order valence-electron chi connectivity index (χ1n) is 6.88. The molecule has 0 spiro atoms. The molecule has 0 aliphatic rings. The quantitative estimate of drug-likeness (QED) is 0.811. The molecule has 0 aliphatic heterocycles. The second-order valence-corrected chi connectivity index (χ2v) is 7.61. The molecule has 0 saturated heterocycles. The SMILES string of the molecule is CCNc1ccncc1S(=O)(=O)NCC(C)(C)C(C)C. The van der Waals surface area contributed by atoms with Gasteiger partial charge in [-0.1, -0.05) is 27.7 Å². The topological polar surface area (TPSA) is 71.1 Å². The van der Waals surface area contributed by atoms with Gasteiger partial charge in [-0.25, -0.2) is 13.1 Å². The lowest BCUT2D eigenvalue weighted by atomic mass is 9.81. The molecule has 114 valence electrons. The van der Waals surface area contributed by atoms with Crippen molar-refractivity contribution in [1.82, 2.24) is 9.71 Å². The molecule has 0 bridgehead atoms. The summed E-state index contributed by atoms with van der Waals surface area (Å²) in [6, 6.07) is 1.67. The molecule has 6 heteroatoms. The summed E-state index contributed by atoms with van der Waals surface area (Å²) >= 11 is 0. The van der Waals surface area contributed by atoms with Gasteiger partial charge in [0.25, 0.3) is 0 Å².